The van der Waals surface area contributed by atoms with Crippen molar-refractivity contribution in [2.45, 2.75) is 32.1 Å². The van der Waals surface area contributed by atoms with Gasteiger partial charge in [-0.1, -0.05) is 153 Å². The van der Waals surface area contributed by atoms with E-state index < -0.39 is 0 Å². The van der Waals surface area contributed by atoms with E-state index in [4.69, 9.17) is 0 Å². The van der Waals surface area contributed by atoms with Gasteiger partial charge in [-0.25, -0.2) is 0 Å². The topological polar surface area (TPSA) is 3.24 Å². The molecular weight excluding hydrogens is 627 g/mol. The number of allylic oxidation sites excluding steroid dienone is 1. The van der Waals surface area contributed by atoms with E-state index in [1.54, 1.807) is 0 Å². The normalized spacial score (nSPS) is 12.6. The Morgan fingerprint density at radius 1 is 0.462 bits per heavy atom. The highest BCUT2D eigenvalue weighted by atomic mass is 15.1. The van der Waals surface area contributed by atoms with Crippen molar-refractivity contribution in [1.82, 2.24) is 0 Å². The lowest BCUT2D eigenvalue weighted by Gasteiger charge is -2.33. The number of anilines is 3. The Bertz CT molecular complexity index is 2570. The van der Waals surface area contributed by atoms with Gasteiger partial charge in [0.15, 0.2) is 0 Å². The summed E-state index contributed by atoms with van der Waals surface area (Å²) in [5.41, 5.74) is 13.6. The quantitative estimate of drug-likeness (QED) is 0.163. The average molecular weight is 668 g/mol. The van der Waals surface area contributed by atoms with Gasteiger partial charge in [0.1, 0.15) is 0 Å². The highest BCUT2D eigenvalue weighted by Crippen LogP contribution is 2.43. The minimum atomic E-state index is -0.210. The minimum absolute atomic E-state index is 0.210. The predicted octanol–water partition coefficient (Wildman–Crippen LogP) is 14.1. The number of nitrogens with zero attached hydrogens (tertiary/aromatic N) is 1. The van der Waals surface area contributed by atoms with Gasteiger partial charge in [0.25, 0.3) is 0 Å². The average Bonchev–Trinajstić information content (AvgIpc) is 3.21. The molecule has 0 heterocycles. The third-order valence-corrected chi connectivity index (χ3v) is 11.0. The summed E-state index contributed by atoms with van der Waals surface area (Å²) in [5.74, 6) is 0. The van der Waals surface area contributed by atoms with E-state index in [1.165, 1.54) is 66.1 Å². The van der Waals surface area contributed by atoms with Gasteiger partial charge in [0.2, 0.25) is 0 Å². The lowest BCUT2D eigenvalue weighted by molar-refractivity contribution is 0.631. The molecule has 0 aromatic heterocycles. The first-order valence-electron chi connectivity index (χ1n) is 18.4. The molecule has 1 aliphatic rings. The Kier molecular flexibility index (Phi) is 8.05. The summed E-state index contributed by atoms with van der Waals surface area (Å²) in [6.07, 6.45) is 6.83. The lowest BCUT2D eigenvalue weighted by atomic mass is 9.72. The van der Waals surface area contributed by atoms with Gasteiger partial charge in [-0.2, -0.15) is 0 Å². The van der Waals surface area contributed by atoms with Crippen LogP contribution in [0, 0.1) is 0 Å². The van der Waals surface area contributed by atoms with Crippen LogP contribution in [0.4, 0.5) is 17.1 Å². The molecule has 0 saturated carbocycles. The molecule has 9 rings (SSSR count). The second-order valence-corrected chi connectivity index (χ2v) is 14.5. The van der Waals surface area contributed by atoms with Crippen LogP contribution in [0.3, 0.4) is 0 Å². The Morgan fingerprint density at radius 3 is 1.83 bits per heavy atom. The third-order valence-electron chi connectivity index (χ3n) is 11.0. The van der Waals surface area contributed by atoms with Crippen LogP contribution in [0.5, 0.6) is 0 Å². The van der Waals surface area contributed by atoms with E-state index >= 15 is 0 Å². The predicted molar refractivity (Wildman–Crippen MR) is 223 cm³/mol. The molecule has 52 heavy (non-hydrogen) atoms. The maximum Gasteiger partial charge on any atom is 0.0464 e. The van der Waals surface area contributed by atoms with E-state index in [-0.39, 0.29) is 5.41 Å². The largest absolute Gasteiger partial charge is 0.310 e. The molecule has 0 atom stereocenters. The Morgan fingerprint density at radius 2 is 1.08 bits per heavy atom. The summed E-state index contributed by atoms with van der Waals surface area (Å²) in [6, 6.07) is 64.4. The summed E-state index contributed by atoms with van der Waals surface area (Å²) in [7, 11) is 0. The number of rotatable bonds is 7. The van der Waals surface area contributed by atoms with Crippen LogP contribution in [0.1, 0.15) is 42.5 Å². The van der Waals surface area contributed by atoms with Crippen molar-refractivity contribution in [2.24, 2.45) is 0 Å². The Hall–Kier alpha value is -6.18. The molecule has 0 bridgehead atoms. The van der Waals surface area contributed by atoms with E-state index in [9.17, 15) is 0 Å². The first-order valence-corrected chi connectivity index (χ1v) is 18.4. The molecule has 8 aromatic carbocycles. The van der Waals surface area contributed by atoms with Crippen molar-refractivity contribution in [3.63, 3.8) is 0 Å². The molecule has 1 nitrogen and oxygen atoms in total. The molecule has 1 aliphatic carbocycles. The Balaban J connectivity index is 1.14. The van der Waals surface area contributed by atoms with Crippen LogP contribution in [0.15, 0.2) is 182 Å². The summed E-state index contributed by atoms with van der Waals surface area (Å²) in [4.78, 5) is 2.40. The minimum Gasteiger partial charge on any atom is -0.310 e. The lowest BCUT2D eigenvalue weighted by Crippen LogP contribution is -2.23. The van der Waals surface area contributed by atoms with Crippen molar-refractivity contribution in [1.29, 1.82) is 0 Å². The molecule has 1 heteroatoms. The monoisotopic (exact) mass is 667 g/mol. The summed E-state index contributed by atoms with van der Waals surface area (Å²) in [6.45, 7) is 4.79. The SMILES string of the molecule is CC(C)(c1cccc(N(c2ccc(-c3ccccc3)cc2)c2ccc(-c3ccc4ccccc4c3)cc2)c1)c1cc2ccccc2c2c1CCC=C2. The number of hydrogen-bond acceptors (Lipinski definition) is 1. The zero-order valence-corrected chi connectivity index (χ0v) is 29.8. The van der Waals surface area contributed by atoms with E-state index in [2.05, 4.69) is 207 Å². The summed E-state index contributed by atoms with van der Waals surface area (Å²) < 4.78 is 0. The summed E-state index contributed by atoms with van der Waals surface area (Å²) >= 11 is 0. The van der Waals surface area contributed by atoms with Crippen molar-refractivity contribution >= 4 is 44.7 Å². The van der Waals surface area contributed by atoms with Crippen LogP contribution in [0.2, 0.25) is 0 Å². The van der Waals surface area contributed by atoms with Gasteiger partial charge in [-0.05, 0) is 127 Å². The zero-order chi connectivity index (χ0) is 35.1. The number of hydrogen-bond donors (Lipinski definition) is 0. The molecule has 250 valence electrons. The van der Waals surface area contributed by atoms with Crippen molar-refractivity contribution in [3.8, 4) is 22.3 Å². The van der Waals surface area contributed by atoms with Crippen molar-refractivity contribution in [3.05, 3.63) is 204 Å². The summed E-state index contributed by atoms with van der Waals surface area (Å²) in [5, 5.41) is 5.17. The molecule has 0 aliphatic heterocycles. The van der Waals surface area contributed by atoms with Gasteiger partial charge in [-0.15, -0.1) is 0 Å². The molecule has 0 amide bonds. The molecule has 0 N–H and O–H groups in total. The first-order chi connectivity index (χ1) is 25.5. The fourth-order valence-electron chi connectivity index (χ4n) is 8.11. The number of fused-ring (bicyclic) bond motifs is 4. The fourth-order valence-corrected chi connectivity index (χ4v) is 8.11. The Labute approximate surface area is 307 Å². The maximum absolute atomic E-state index is 2.45. The van der Waals surface area contributed by atoms with Crippen molar-refractivity contribution in [2.75, 3.05) is 4.90 Å². The molecule has 8 aromatic rings. The fraction of sp³-hybridized carbons (Fsp3) is 0.0980. The van der Waals surface area contributed by atoms with E-state index in [1.807, 2.05) is 0 Å². The van der Waals surface area contributed by atoms with Crippen LogP contribution < -0.4 is 4.90 Å². The van der Waals surface area contributed by atoms with Crippen LogP contribution in [-0.2, 0) is 11.8 Å². The second kappa shape index (κ2) is 13.2. The molecule has 0 fully saturated rings. The molecule has 0 saturated heterocycles. The van der Waals surface area contributed by atoms with Gasteiger partial charge < -0.3 is 4.90 Å². The maximum atomic E-state index is 2.45. The molecule has 0 unspecified atom stereocenters. The third kappa shape index (κ3) is 5.79. The van der Waals surface area contributed by atoms with Gasteiger partial charge >= 0.3 is 0 Å². The molecule has 0 spiro atoms. The van der Waals surface area contributed by atoms with Crippen LogP contribution in [-0.4, -0.2) is 0 Å². The van der Waals surface area contributed by atoms with Crippen LogP contribution >= 0.6 is 0 Å². The highest BCUT2D eigenvalue weighted by Gasteiger charge is 2.29. The van der Waals surface area contributed by atoms with Crippen molar-refractivity contribution < 1.29 is 0 Å². The van der Waals surface area contributed by atoms with Crippen LogP contribution in [0.25, 0.3) is 49.9 Å². The first kappa shape index (κ1) is 31.8. The molecular formula is C51H41N. The van der Waals surface area contributed by atoms with Gasteiger partial charge in [-0.3, -0.25) is 0 Å². The second-order valence-electron chi connectivity index (χ2n) is 14.5. The van der Waals surface area contributed by atoms with E-state index in [0.29, 0.717) is 0 Å². The zero-order valence-electron chi connectivity index (χ0n) is 29.8. The number of benzene rings is 8. The highest BCUT2D eigenvalue weighted by molar-refractivity contribution is 5.94. The van der Waals surface area contributed by atoms with Gasteiger partial charge in [0, 0.05) is 22.5 Å². The van der Waals surface area contributed by atoms with Gasteiger partial charge in [0.05, 0.1) is 0 Å². The standard InChI is InChI=1S/C51H41N/c1-51(2,50-34-42-17-8-9-20-47(42)48-21-10-11-22-49(48)50)43-18-12-19-46(35-43)52(44-29-25-38(26-30-44)36-13-4-3-5-14-36)45-31-27-39(28-32-45)41-24-23-37-15-6-7-16-40(37)33-41/h3-10,12-21,23-35H,11,22H2,1-2H3. The molecule has 0 radical (unpaired) electrons. The van der Waals surface area contributed by atoms with E-state index in [0.717, 1.165) is 29.9 Å². The smallest absolute Gasteiger partial charge is 0.0464 e.